The molecule has 0 saturated carbocycles. The normalized spacial score (nSPS) is 13.9. The van der Waals surface area contributed by atoms with Crippen LogP contribution in [0.25, 0.3) is 0 Å². The van der Waals surface area contributed by atoms with Crippen LogP contribution >= 0.6 is 7.82 Å². The van der Waals surface area contributed by atoms with Gasteiger partial charge in [0.1, 0.15) is 19.3 Å². The molecular formula is C71H134N2O7P+. The van der Waals surface area contributed by atoms with Gasteiger partial charge in [0.05, 0.1) is 33.8 Å². The average molecular weight is 1160 g/mol. The van der Waals surface area contributed by atoms with Crippen LogP contribution < -0.4 is 5.32 Å². The Bertz CT molecular complexity index is 1570. The highest BCUT2D eigenvalue weighted by Crippen LogP contribution is 2.43. The number of phosphoric acid groups is 1. The van der Waals surface area contributed by atoms with Gasteiger partial charge in [0.2, 0.25) is 5.91 Å². The van der Waals surface area contributed by atoms with Crippen molar-refractivity contribution in [3.63, 3.8) is 0 Å². The van der Waals surface area contributed by atoms with Crippen LogP contribution in [0, 0.1) is 0 Å². The molecule has 0 saturated heterocycles. The third kappa shape index (κ3) is 62.1. The second kappa shape index (κ2) is 60.8. The van der Waals surface area contributed by atoms with Crippen molar-refractivity contribution in [1.29, 1.82) is 0 Å². The molecule has 3 unspecified atom stereocenters. The molecule has 0 spiro atoms. The van der Waals surface area contributed by atoms with Crippen molar-refractivity contribution >= 4 is 19.7 Å². The van der Waals surface area contributed by atoms with Crippen molar-refractivity contribution in [2.75, 3.05) is 40.9 Å². The Morgan fingerprint density at radius 1 is 0.432 bits per heavy atom. The maximum atomic E-state index is 13.6. The molecule has 0 aromatic heterocycles. The minimum absolute atomic E-state index is 0.0378. The Morgan fingerprint density at radius 3 is 1.16 bits per heavy atom. The number of nitrogens with zero attached hydrogens (tertiary/aromatic N) is 1. The number of carbonyl (C=O) groups is 2. The van der Waals surface area contributed by atoms with Gasteiger partial charge in [0, 0.05) is 12.8 Å². The molecule has 0 radical (unpaired) electrons. The maximum Gasteiger partial charge on any atom is 0.472 e. The first-order valence-corrected chi connectivity index (χ1v) is 36.1. The molecule has 0 rings (SSSR count). The zero-order valence-corrected chi connectivity index (χ0v) is 55.2. The van der Waals surface area contributed by atoms with Gasteiger partial charge in [-0.3, -0.25) is 18.6 Å². The van der Waals surface area contributed by atoms with Crippen LogP contribution in [0.15, 0.2) is 60.8 Å². The predicted octanol–water partition coefficient (Wildman–Crippen LogP) is 21.8. The van der Waals surface area contributed by atoms with Gasteiger partial charge in [-0.1, -0.05) is 281 Å². The van der Waals surface area contributed by atoms with E-state index in [4.69, 9.17) is 13.8 Å². The van der Waals surface area contributed by atoms with Gasteiger partial charge >= 0.3 is 13.8 Å². The summed E-state index contributed by atoms with van der Waals surface area (Å²) in [7, 11) is 1.49. The van der Waals surface area contributed by atoms with Crippen LogP contribution in [0.1, 0.15) is 329 Å². The summed E-state index contributed by atoms with van der Waals surface area (Å²) in [5.74, 6) is -0.509. The highest BCUT2D eigenvalue weighted by Gasteiger charge is 2.30. The van der Waals surface area contributed by atoms with Crippen molar-refractivity contribution in [3.8, 4) is 0 Å². The molecule has 0 aromatic rings. The Balaban J connectivity index is 5.16. The van der Waals surface area contributed by atoms with Gasteiger partial charge in [-0.05, 0) is 96.0 Å². The van der Waals surface area contributed by atoms with Crippen molar-refractivity contribution in [1.82, 2.24) is 5.32 Å². The van der Waals surface area contributed by atoms with Gasteiger partial charge in [-0.25, -0.2) is 4.57 Å². The van der Waals surface area contributed by atoms with Crippen molar-refractivity contribution < 1.29 is 37.3 Å². The van der Waals surface area contributed by atoms with Crippen LogP contribution in [0.3, 0.4) is 0 Å². The Hall–Kier alpha value is -2.29. The molecule has 81 heavy (non-hydrogen) atoms. The fourth-order valence-corrected chi connectivity index (χ4v) is 10.8. The number of carbonyl (C=O) groups excluding carboxylic acids is 2. The SMILES string of the molecule is CCCCC/C=C\C/C=C\C/C=C\CCCCCCCCC(=O)OC(/C=C\CCCCCCCCCCCCC)C(COP(=O)(O)OCC[N+](C)(C)C)NC(=O)CCCCCCCCCCCCCCC/C=C/CCCCCCCC. The number of quaternary nitrogens is 1. The summed E-state index contributed by atoms with van der Waals surface area (Å²) < 4.78 is 30.8. The van der Waals surface area contributed by atoms with Crippen molar-refractivity contribution in [2.45, 2.75) is 341 Å². The first-order chi connectivity index (χ1) is 39.4. The van der Waals surface area contributed by atoms with Crippen LogP contribution in [0.4, 0.5) is 0 Å². The molecule has 0 heterocycles. The number of hydrogen-bond acceptors (Lipinski definition) is 6. The van der Waals surface area contributed by atoms with Gasteiger partial charge in [-0.2, -0.15) is 0 Å². The number of amides is 1. The molecule has 0 aliphatic heterocycles. The molecule has 0 fully saturated rings. The fraction of sp³-hybridized carbons (Fsp3) is 0.831. The standard InChI is InChI=1S/C71H133N2O7P/c1-7-10-13-16-19-22-25-28-30-32-34-35-36-37-39-40-42-45-48-51-54-57-60-63-70(74)72-68(67-79-81(76,77)78-66-65-73(4,5)6)69(62-59-56-53-50-47-44-27-24-21-18-15-12-9-3)80-71(75)64-61-58-55-52-49-46-43-41-38-33-31-29-26-23-20-17-14-11-8-2/h20,23,28-31,38,41,59,62,68-69H,7-19,21-22,24-27,32-37,39-40,42-58,60-61,63-67H2,1-6H3,(H-,72,74,76,77)/p+1/b23-20-,30-28+,31-29-,41-38-,62-59-. The molecule has 1 amide bonds. The highest BCUT2D eigenvalue weighted by molar-refractivity contribution is 7.47. The minimum atomic E-state index is -4.46. The monoisotopic (exact) mass is 1160 g/mol. The van der Waals surface area contributed by atoms with E-state index in [2.05, 4.69) is 74.7 Å². The van der Waals surface area contributed by atoms with E-state index in [0.29, 0.717) is 17.4 Å². The van der Waals surface area contributed by atoms with Gasteiger partial charge in [0.25, 0.3) is 0 Å². The van der Waals surface area contributed by atoms with Crippen LogP contribution in [-0.4, -0.2) is 74.3 Å². The number of phosphoric ester groups is 1. The number of hydrogen-bond donors (Lipinski definition) is 2. The second-order valence-electron chi connectivity index (χ2n) is 24.7. The topological polar surface area (TPSA) is 111 Å². The predicted molar refractivity (Wildman–Crippen MR) is 351 cm³/mol. The lowest BCUT2D eigenvalue weighted by molar-refractivity contribution is -0.870. The number of unbranched alkanes of at least 4 members (excludes halogenated alkanes) is 39. The van der Waals surface area contributed by atoms with E-state index >= 15 is 0 Å². The largest absolute Gasteiger partial charge is 0.472 e. The molecule has 10 heteroatoms. The zero-order chi connectivity index (χ0) is 59.3. The number of likely N-dealkylation sites (N-methyl/N-ethyl adjacent to an activating group) is 1. The van der Waals surface area contributed by atoms with Crippen LogP contribution in [0.5, 0.6) is 0 Å². The third-order valence-corrected chi connectivity index (χ3v) is 16.4. The average Bonchev–Trinajstić information content (AvgIpc) is 3.44. The molecule has 0 aliphatic carbocycles. The van der Waals surface area contributed by atoms with Gasteiger partial charge in [-0.15, -0.1) is 0 Å². The van der Waals surface area contributed by atoms with Crippen LogP contribution in [0.2, 0.25) is 0 Å². The van der Waals surface area contributed by atoms with Gasteiger partial charge < -0.3 is 19.4 Å². The number of esters is 1. The molecule has 0 aliphatic rings. The lowest BCUT2D eigenvalue weighted by Gasteiger charge is -2.27. The fourth-order valence-electron chi connectivity index (χ4n) is 10.1. The summed E-state index contributed by atoms with van der Waals surface area (Å²) in [6.07, 6.45) is 77.9. The third-order valence-electron chi connectivity index (χ3n) is 15.4. The van der Waals surface area contributed by atoms with E-state index in [9.17, 15) is 19.0 Å². The second-order valence-corrected chi connectivity index (χ2v) is 26.1. The minimum Gasteiger partial charge on any atom is -0.456 e. The zero-order valence-electron chi connectivity index (χ0n) is 54.3. The van der Waals surface area contributed by atoms with Crippen LogP contribution in [-0.2, 0) is 27.9 Å². The number of ether oxygens (including phenoxy) is 1. The molecule has 2 N–H and O–H groups in total. The summed E-state index contributed by atoms with van der Waals surface area (Å²) in [6.45, 7) is 7.01. The van der Waals surface area contributed by atoms with Gasteiger partial charge in [0.15, 0.2) is 0 Å². The molecule has 3 atom stereocenters. The molecule has 474 valence electrons. The summed E-state index contributed by atoms with van der Waals surface area (Å²) in [5.41, 5.74) is 0. The Labute approximate surface area is 502 Å². The number of nitrogens with one attached hydrogen (secondary N) is 1. The first-order valence-electron chi connectivity index (χ1n) is 34.6. The summed E-state index contributed by atoms with van der Waals surface area (Å²) >= 11 is 0. The number of allylic oxidation sites excluding steroid dienone is 9. The first kappa shape index (κ1) is 78.7. The molecule has 0 bridgehead atoms. The summed E-state index contributed by atoms with van der Waals surface area (Å²) in [5, 5.41) is 3.07. The summed E-state index contributed by atoms with van der Waals surface area (Å²) in [4.78, 5) is 37.9. The molecular weight excluding hydrogens is 1020 g/mol. The molecule has 9 nitrogen and oxygen atoms in total. The van der Waals surface area contributed by atoms with E-state index < -0.39 is 20.0 Å². The number of rotatable bonds is 63. The Morgan fingerprint density at radius 2 is 0.753 bits per heavy atom. The van der Waals surface area contributed by atoms with Crippen molar-refractivity contribution in [2.24, 2.45) is 0 Å². The highest BCUT2D eigenvalue weighted by atomic mass is 31.2. The quantitative estimate of drug-likeness (QED) is 0.0205. The molecule has 0 aromatic carbocycles. The summed E-state index contributed by atoms with van der Waals surface area (Å²) in [6, 6.07) is -0.855. The Kier molecular flexibility index (Phi) is 59.1. The smallest absolute Gasteiger partial charge is 0.456 e. The van der Waals surface area contributed by atoms with E-state index in [1.807, 2.05) is 33.3 Å². The van der Waals surface area contributed by atoms with E-state index in [0.717, 1.165) is 83.5 Å². The lowest BCUT2D eigenvalue weighted by Crippen LogP contribution is -2.47. The van der Waals surface area contributed by atoms with E-state index in [1.54, 1.807) is 0 Å². The van der Waals surface area contributed by atoms with E-state index in [1.165, 1.54) is 212 Å². The van der Waals surface area contributed by atoms with Crippen molar-refractivity contribution in [3.05, 3.63) is 60.8 Å². The maximum absolute atomic E-state index is 13.6. The lowest BCUT2D eigenvalue weighted by atomic mass is 10.0. The van der Waals surface area contributed by atoms with E-state index in [-0.39, 0.29) is 31.5 Å².